The predicted molar refractivity (Wildman–Crippen MR) is 65.1 cm³/mol. The van der Waals surface area contributed by atoms with Crippen LogP contribution < -0.4 is 5.73 Å². The largest absolute Gasteiger partial charge is 0.379 e. The summed E-state index contributed by atoms with van der Waals surface area (Å²) in [5, 5.41) is 0. The molecule has 3 nitrogen and oxygen atoms in total. The lowest BCUT2D eigenvalue weighted by Crippen LogP contribution is -2.35. The molecule has 16 heavy (non-hydrogen) atoms. The molecule has 1 aromatic rings. The second-order valence-corrected chi connectivity index (χ2v) is 4.42. The number of benzene rings is 1. The average Bonchev–Trinajstić information content (AvgIpc) is 2.31. The van der Waals surface area contributed by atoms with Crippen LogP contribution in [0.3, 0.4) is 0 Å². The Labute approximate surface area is 97.2 Å². The number of nitrogens with two attached hydrogens (primary N) is 1. The Bertz CT molecular complexity index is 315. The summed E-state index contributed by atoms with van der Waals surface area (Å²) in [5.74, 6) is 0. The van der Waals surface area contributed by atoms with Crippen LogP contribution >= 0.6 is 0 Å². The zero-order valence-corrected chi connectivity index (χ0v) is 9.86. The normalized spacial score (nSPS) is 19.6. The molecule has 0 bridgehead atoms. The van der Waals surface area contributed by atoms with E-state index >= 15 is 0 Å². The number of morpholine rings is 1. The van der Waals surface area contributed by atoms with Crippen molar-refractivity contribution >= 4 is 0 Å². The maximum Gasteiger partial charge on any atom is 0.0594 e. The zero-order valence-electron chi connectivity index (χ0n) is 9.86. The van der Waals surface area contributed by atoms with Gasteiger partial charge in [-0.25, -0.2) is 0 Å². The Balaban J connectivity index is 1.93. The Kier molecular flexibility index (Phi) is 3.93. The van der Waals surface area contributed by atoms with Crippen LogP contribution in [0.5, 0.6) is 0 Å². The Morgan fingerprint density at radius 1 is 1.25 bits per heavy atom. The molecule has 1 aliphatic heterocycles. The van der Waals surface area contributed by atoms with Crippen LogP contribution in [0, 0.1) is 0 Å². The first-order chi connectivity index (χ1) is 7.75. The molecule has 0 aromatic heterocycles. The summed E-state index contributed by atoms with van der Waals surface area (Å²) in [6.07, 6.45) is 0. The highest BCUT2D eigenvalue weighted by atomic mass is 16.5. The predicted octanol–water partition coefficient (Wildman–Crippen LogP) is 1.54. The van der Waals surface area contributed by atoms with E-state index in [1.165, 1.54) is 11.1 Å². The third-order valence-corrected chi connectivity index (χ3v) is 3.02. The molecule has 1 atom stereocenters. The topological polar surface area (TPSA) is 38.5 Å². The number of nitrogens with zero attached hydrogens (tertiary/aromatic N) is 1. The van der Waals surface area contributed by atoms with Crippen molar-refractivity contribution in [2.24, 2.45) is 5.73 Å². The number of hydrogen-bond acceptors (Lipinski definition) is 3. The number of ether oxygens (including phenoxy) is 1. The first kappa shape index (κ1) is 11.6. The van der Waals surface area contributed by atoms with Crippen LogP contribution in [0.4, 0.5) is 0 Å². The molecule has 1 saturated heterocycles. The molecular formula is C13H20N2O. The summed E-state index contributed by atoms with van der Waals surface area (Å²) in [6.45, 7) is 6.82. The maximum absolute atomic E-state index is 5.82. The molecule has 0 radical (unpaired) electrons. The fraction of sp³-hybridized carbons (Fsp3) is 0.538. The van der Waals surface area contributed by atoms with Gasteiger partial charge >= 0.3 is 0 Å². The van der Waals surface area contributed by atoms with Gasteiger partial charge in [0.15, 0.2) is 0 Å². The second kappa shape index (κ2) is 5.43. The van der Waals surface area contributed by atoms with Gasteiger partial charge in [-0.3, -0.25) is 4.90 Å². The van der Waals surface area contributed by atoms with Crippen molar-refractivity contribution < 1.29 is 4.74 Å². The van der Waals surface area contributed by atoms with Crippen molar-refractivity contribution in [1.29, 1.82) is 0 Å². The molecule has 2 N–H and O–H groups in total. The monoisotopic (exact) mass is 220 g/mol. The Morgan fingerprint density at radius 2 is 1.88 bits per heavy atom. The van der Waals surface area contributed by atoms with Crippen LogP contribution in [0.15, 0.2) is 24.3 Å². The van der Waals surface area contributed by atoms with E-state index in [0.29, 0.717) is 0 Å². The van der Waals surface area contributed by atoms with Gasteiger partial charge in [-0.05, 0) is 18.1 Å². The van der Waals surface area contributed by atoms with E-state index < -0.39 is 0 Å². The average molecular weight is 220 g/mol. The van der Waals surface area contributed by atoms with Gasteiger partial charge in [-0.1, -0.05) is 24.3 Å². The van der Waals surface area contributed by atoms with E-state index in [2.05, 4.69) is 29.2 Å². The lowest BCUT2D eigenvalue weighted by Gasteiger charge is -2.26. The Morgan fingerprint density at radius 3 is 2.44 bits per heavy atom. The van der Waals surface area contributed by atoms with E-state index in [1.807, 2.05) is 6.92 Å². The van der Waals surface area contributed by atoms with Crippen LogP contribution in [-0.4, -0.2) is 31.2 Å². The first-order valence-corrected chi connectivity index (χ1v) is 5.90. The van der Waals surface area contributed by atoms with Crippen LogP contribution in [-0.2, 0) is 11.3 Å². The zero-order chi connectivity index (χ0) is 11.4. The molecule has 88 valence electrons. The van der Waals surface area contributed by atoms with Crippen LogP contribution in [0.25, 0.3) is 0 Å². The first-order valence-electron chi connectivity index (χ1n) is 5.90. The number of rotatable bonds is 3. The SMILES string of the molecule is CC(N)c1ccc(CN2CCOCC2)cc1. The van der Waals surface area contributed by atoms with Crippen molar-refractivity contribution in [2.45, 2.75) is 19.5 Å². The molecule has 0 aliphatic carbocycles. The summed E-state index contributed by atoms with van der Waals surface area (Å²) in [4.78, 5) is 2.42. The van der Waals surface area contributed by atoms with E-state index in [1.54, 1.807) is 0 Å². The van der Waals surface area contributed by atoms with Crippen molar-refractivity contribution in [3.8, 4) is 0 Å². The lowest BCUT2D eigenvalue weighted by atomic mass is 10.1. The molecule has 1 aliphatic rings. The molecule has 1 fully saturated rings. The highest BCUT2D eigenvalue weighted by molar-refractivity contribution is 5.24. The van der Waals surface area contributed by atoms with Crippen molar-refractivity contribution in [3.63, 3.8) is 0 Å². The molecule has 1 aromatic carbocycles. The third kappa shape index (κ3) is 3.04. The highest BCUT2D eigenvalue weighted by Crippen LogP contribution is 2.12. The summed E-state index contributed by atoms with van der Waals surface area (Å²) in [7, 11) is 0. The molecule has 0 amide bonds. The molecule has 0 saturated carbocycles. The van der Waals surface area contributed by atoms with Crippen molar-refractivity contribution in [3.05, 3.63) is 35.4 Å². The van der Waals surface area contributed by atoms with Crippen molar-refractivity contribution in [1.82, 2.24) is 4.90 Å². The van der Waals surface area contributed by atoms with Gasteiger partial charge in [-0.15, -0.1) is 0 Å². The fourth-order valence-corrected chi connectivity index (χ4v) is 1.94. The lowest BCUT2D eigenvalue weighted by molar-refractivity contribution is 0.0342. The van der Waals surface area contributed by atoms with Crippen LogP contribution in [0.2, 0.25) is 0 Å². The summed E-state index contributed by atoms with van der Waals surface area (Å²) < 4.78 is 5.33. The Hall–Kier alpha value is -0.900. The molecule has 1 heterocycles. The molecule has 0 spiro atoms. The van der Waals surface area contributed by atoms with E-state index in [9.17, 15) is 0 Å². The van der Waals surface area contributed by atoms with Gasteiger partial charge in [0, 0.05) is 25.7 Å². The van der Waals surface area contributed by atoms with Crippen molar-refractivity contribution in [2.75, 3.05) is 26.3 Å². The second-order valence-electron chi connectivity index (χ2n) is 4.42. The quantitative estimate of drug-likeness (QED) is 0.839. The minimum atomic E-state index is 0.123. The molecule has 3 heteroatoms. The van der Waals surface area contributed by atoms with Gasteiger partial charge in [0.05, 0.1) is 13.2 Å². The summed E-state index contributed by atoms with van der Waals surface area (Å²) in [6, 6.07) is 8.72. The maximum atomic E-state index is 5.82. The van der Waals surface area contributed by atoms with Gasteiger partial charge in [-0.2, -0.15) is 0 Å². The molecule has 2 rings (SSSR count). The van der Waals surface area contributed by atoms with Gasteiger partial charge < -0.3 is 10.5 Å². The summed E-state index contributed by atoms with van der Waals surface area (Å²) >= 11 is 0. The van der Waals surface area contributed by atoms with Gasteiger partial charge in [0.2, 0.25) is 0 Å². The molecular weight excluding hydrogens is 200 g/mol. The smallest absolute Gasteiger partial charge is 0.0594 e. The van der Waals surface area contributed by atoms with E-state index in [-0.39, 0.29) is 6.04 Å². The fourth-order valence-electron chi connectivity index (χ4n) is 1.94. The van der Waals surface area contributed by atoms with E-state index in [4.69, 9.17) is 10.5 Å². The third-order valence-electron chi connectivity index (χ3n) is 3.02. The van der Waals surface area contributed by atoms with E-state index in [0.717, 1.165) is 32.8 Å². The minimum absolute atomic E-state index is 0.123. The van der Waals surface area contributed by atoms with Crippen LogP contribution in [0.1, 0.15) is 24.1 Å². The van der Waals surface area contributed by atoms with Gasteiger partial charge in [0.1, 0.15) is 0 Å². The standard InChI is InChI=1S/C13H20N2O/c1-11(14)13-4-2-12(3-5-13)10-15-6-8-16-9-7-15/h2-5,11H,6-10,14H2,1H3. The molecule has 1 unspecified atom stereocenters. The van der Waals surface area contributed by atoms with Gasteiger partial charge in [0.25, 0.3) is 0 Å². The summed E-state index contributed by atoms with van der Waals surface area (Å²) in [5.41, 5.74) is 8.37. The number of hydrogen-bond donors (Lipinski definition) is 1. The highest BCUT2D eigenvalue weighted by Gasteiger charge is 2.10. The minimum Gasteiger partial charge on any atom is -0.379 e.